The molecule has 136 valence electrons. The molecule has 0 atom stereocenters. The number of aromatic nitrogens is 3. The Balaban J connectivity index is 2.03. The molecular formula is C15H14N4O5S2. The van der Waals surface area contributed by atoms with Gasteiger partial charge in [-0.15, -0.1) is 10.2 Å². The molecule has 0 amide bonds. The third-order valence-electron chi connectivity index (χ3n) is 3.53. The van der Waals surface area contributed by atoms with E-state index < -0.39 is 14.8 Å². The van der Waals surface area contributed by atoms with Crippen LogP contribution in [0.2, 0.25) is 0 Å². The van der Waals surface area contributed by atoms with E-state index in [0.29, 0.717) is 23.3 Å². The minimum atomic E-state index is -3.55. The van der Waals surface area contributed by atoms with Crippen molar-refractivity contribution in [3.63, 3.8) is 0 Å². The summed E-state index contributed by atoms with van der Waals surface area (Å²) in [4.78, 5) is 10.9. The highest BCUT2D eigenvalue weighted by Gasteiger charge is 2.22. The fraction of sp³-hybridized carbons (Fsp3) is 0.200. The summed E-state index contributed by atoms with van der Waals surface area (Å²) in [6, 6.07) is 7.27. The third-order valence-corrected chi connectivity index (χ3v) is 5.69. The van der Waals surface area contributed by atoms with Gasteiger partial charge in [-0.3, -0.25) is 14.7 Å². The van der Waals surface area contributed by atoms with Gasteiger partial charge in [0.25, 0.3) is 5.69 Å². The van der Waals surface area contributed by atoms with Crippen LogP contribution in [0.15, 0.2) is 56.0 Å². The summed E-state index contributed by atoms with van der Waals surface area (Å²) in [7, 11) is -3.55. The van der Waals surface area contributed by atoms with E-state index in [1.807, 2.05) is 6.92 Å². The second kappa shape index (κ2) is 6.92. The Morgan fingerprint density at radius 3 is 2.65 bits per heavy atom. The standard InChI is InChI=1S/C15H14N4O5S2/c1-3-18-14(12-5-4-8-24-12)16-17-15(18)25-13-7-6-10(26(2,22)23)9-11(13)19(20)21/h4-9H,3H2,1-2H3. The maximum absolute atomic E-state index is 11.6. The van der Waals surface area contributed by atoms with Crippen molar-refractivity contribution in [2.75, 3.05) is 6.26 Å². The molecule has 11 heteroatoms. The second-order valence-corrected chi connectivity index (χ2v) is 8.31. The number of rotatable bonds is 6. The SMILES string of the molecule is CCn1c(Sc2ccc(S(C)(=O)=O)cc2[N+](=O)[O-])nnc1-c1ccco1. The van der Waals surface area contributed by atoms with Crippen molar-refractivity contribution >= 4 is 27.3 Å². The molecule has 9 nitrogen and oxygen atoms in total. The van der Waals surface area contributed by atoms with E-state index in [0.717, 1.165) is 24.1 Å². The smallest absolute Gasteiger partial charge is 0.284 e. The maximum Gasteiger partial charge on any atom is 0.284 e. The predicted molar refractivity (Wildman–Crippen MR) is 93.7 cm³/mol. The second-order valence-electron chi connectivity index (χ2n) is 5.29. The summed E-state index contributed by atoms with van der Waals surface area (Å²) in [5.74, 6) is 1.04. The molecule has 0 saturated heterocycles. The zero-order chi connectivity index (χ0) is 18.9. The summed E-state index contributed by atoms with van der Waals surface area (Å²) >= 11 is 1.04. The average molecular weight is 394 g/mol. The Hall–Kier alpha value is -2.66. The van der Waals surface area contributed by atoms with Gasteiger partial charge in [-0.25, -0.2) is 8.42 Å². The van der Waals surface area contributed by atoms with Crippen molar-refractivity contribution in [3.05, 3.63) is 46.7 Å². The number of furan rings is 1. The number of sulfone groups is 1. The van der Waals surface area contributed by atoms with E-state index in [2.05, 4.69) is 10.2 Å². The summed E-state index contributed by atoms with van der Waals surface area (Å²) in [5, 5.41) is 20.0. The molecule has 26 heavy (non-hydrogen) atoms. The molecule has 2 aromatic heterocycles. The number of nitrogens with zero attached hydrogens (tertiary/aromatic N) is 4. The van der Waals surface area contributed by atoms with E-state index in [9.17, 15) is 18.5 Å². The minimum absolute atomic E-state index is 0.109. The van der Waals surface area contributed by atoms with E-state index >= 15 is 0 Å². The van der Waals surface area contributed by atoms with Crippen LogP contribution in [0.3, 0.4) is 0 Å². The topological polar surface area (TPSA) is 121 Å². The van der Waals surface area contributed by atoms with Gasteiger partial charge < -0.3 is 4.42 Å². The Morgan fingerprint density at radius 1 is 1.31 bits per heavy atom. The average Bonchev–Trinajstić information content (AvgIpc) is 3.22. The van der Waals surface area contributed by atoms with Crippen LogP contribution in [0.4, 0.5) is 5.69 Å². The lowest BCUT2D eigenvalue weighted by Crippen LogP contribution is -2.01. The Labute approximate surface area is 153 Å². The number of nitro benzene ring substituents is 1. The highest BCUT2D eigenvalue weighted by atomic mass is 32.2. The summed E-state index contributed by atoms with van der Waals surface area (Å²) in [5.41, 5.74) is -0.303. The molecule has 1 aromatic carbocycles. The molecule has 0 spiro atoms. The molecule has 3 rings (SSSR count). The molecule has 0 fully saturated rings. The van der Waals surface area contributed by atoms with Crippen molar-refractivity contribution in [2.24, 2.45) is 0 Å². The van der Waals surface area contributed by atoms with Crippen LogP contribution in [0.25, 0.3) is 11.6 Å². The van der Waals surface area contributed by atoms with Gasteiger partial charge in [0, 0.05) is 18.9 Å². The molecule has 0 bridgehead atoms. The van der Waals surface area contributed by atoms with E-state index in [1.54, 1.807) is 16.7 Å². The lowest BCUT2D eigenvalue weighted by atomic mass is 10.3. The van der Waals surface area contributed by atoms with Crippen LogP contribution >= 0.6 is 11.8 Å². The number of nitro groups is 1. The predicted octanol–water partition coefficient (Wildman–Crippen LogP) is 3.02. The molecule has 0 radical (unpaired) electrons. The zero-order valence-corrected chi connectivity index (χ0v) is 15.5. The van der Waals surface area contributed by atoms with E-state index in [1.165, 1.54) is 18.4 Å². The molecule has 0 aliphatic carbocycles. The van der Waals surface area contributed by atoms with Crippen molar-refractivity contribution in [1.29, 1.82) is 0 Å². The number of hydrogen-bond donors (Lipinski definition) is 0. The summed E-state index contributed by atoms with van der Waals surface area (Å²) < 4.78 is 30.4. The number of benzene rings is 1. The van der Waals surface area contributed by atoms with Crippen molar-refractivity contribution < 1.29 is 17.8 Å². The number of hydrogen-bond acceptors (Lipinski definition) is 8. The molecule has 0 unspecified atom stereocenters. The highest BCUT2D eigenvalue weighted by molar-refractivity contribution is 7.99. The lowest BCUT2D eigenvalue weighted by molar-refractivity contribution is -0.388. The van der Waals surface area contributed by atoms with E-state index in [-0.39, 0.29) is 15.5 Å². The van der Waals surface area contributed by atoms with Gasteiger partial charge in [0.15, 0.2) is 26.6 Å². The van der Waals surface area contributed by atoms with Crippen molar-refractivity contribution in [3.8, 4) is 11.6 Å². The van der Waals surface area contributed by atoms with Gasteiger partial charge >= 0.3 is 0 Å². The molecule has 0 aliphatic rings. The first-order valence-electron chi connectivity index (χ1n) is 7.44. The van der Waals surface area contributed by atoms with Crippen LogP contribution in [0, 0.1) is 10.1 Å². The molecule has 0 aliphatic heterocycles. The Kier molecular flexibility index (Phi) is 4.83. The third kappa shape index (κ3) is 3.48. The molecule has 0 N–H and O–H groups in total. The van der Waals surface area contributed by atoms with Crippen molar-refractivity contribution in [2.45, 2.75) is 28.4 Å². The van der Waals surface area contributed by atoms with Crippen LogP contribution in [-0.2, 0) is 16.4 Å². The van der Waals surface area contributed by atoms with Crippen LogP contribution in [0.5, 0.6) is 0 Å². The first-order chi connectivity index (χ1) is 12.3. The zero-order valence-electron chi connectivity index (χ0n) is 13.8. The largest absolute Gasteiger partial charge is 0.461 e. The first-order valence-corrected chi connectivity index (χ1v) is 10.2. The molecule has 2 heterocycles. The lowest BCUT2D eigenvalue weighted by Gasteiger charge is -2.07. The van der Waals surface area contributed by atoms with Gasteiger partial charge in [-0.1, -0.05) is 0 Å². The maximum atomic E-state index is 11.6. The normalized spacial score (nSPS) is 11.6. The van der Waals surface area contributed by atoms with Gasteiger partial charge in [0.05, 0.1) is 21.0 Å². The van der Waals surface area contributed by atoms with Gasteiger partial charge in [0.1, 0.15) is 0 Å². The minimum Gasteiger partial charge on any atom is -0.461 e. The summed E-state index contributed by atoms with van der Waals surface area (Å²) in [6.45, 7) is 2.42. The van der Waals surface area contributed by atoms with Crippen LogP contribution < -0.4 is 0 Å². The first kappa shape index (κ1) is 18.1. The van der Waals surface area contributed by atoms with Crippen molar-refractivity contribution in [1.82, 2.24) is 14.8 Å². The molecular weight excluding hydrogens is 380 g/mol. The highest BCUT2D eigenvalue weighted by Crippen LogP contribution is 2.36. The van der Waals surface area contributed by atoms with E-state index in [4.69, 9.17) is 4.42 Å². The Morgan fingerprint density at radius 2 is 2.08 bits per heavy atom. The quantitative estimate of drug-likeness (QED) is 0.462. The van der Waals surface area contributed by atoms with Crippen LogP contribution in [0.1, 0.15) is 6.92 Å². The van der Waals surface area contributed by atoms with Crippen LogP contribution in [-0.4, -0.2) is 34.4 Å². The molecule has 0 saturated carbocycles. The fourth-order valence-electron chi connectivity index (χ4n) is 2.29. The van der Waals surface area contributed by atoms with Gasteiger partial charge in [0.2, 0.25) is 0 Å². The van der Waals surface area contributed by atoms with Gasteiger partial charge in [-0.2, -0.15) is 0 Å². The molecule has 3 aromatic rings. The summed E-state index contributed by atoms with van der Waals surface area (Å²) in [6.07, 6.45) is 2.52. The fourth-order valence-corrected chi connectivity index (χ4v) is 3.91. The van der Waals surface area contributed by atoms with Gasteiger partial charge in [-0.05, 0) is 43.0 Å². The Bertz CT molecular complexity index is 1060. The monoisotopic (exact) mass is 394 g/mol.